The van der Waals surface area contributed by atoms with Crippen LogP contribution >= 0.6 is 22.9 Å². The molecule has 1 saturated heterocycles. The first-order valence-electron chi connectivity index (χ1n) is 9.71. The van der Waals surface area contributed by atoms with Crippen molar-refractivity contribution in [2.75, 3.05) is 6.54 Å². The van der Waals surface area contributed by atoms with Crippen molar-refractivity contribution in [3.63, 3.8) is 0 Å². The van der Waals surface area contributed by atoms with E-state index in [4.69, 9.17) is 18.0 Å². The Balaban J connectivity index is 1.72. The Bertz CT molecular complexity index is 1370. The van der Waals surface area contributed by atoms with Crippen LogP contribution in [-0.2, 0) is 21.4 Å². The Labute approximate surface area is 189 Å². The van der Waals surface area contributed by atoms with Gasteiger partial charge in [0.2, 0.25) is 10.0 Å². The molecule has 9 heteroatoms. The van der Waals surface area contributed by atoms with Crippen molar-refractivity contribution in [3.8, 4) is 12.3 Å². The van der Waals surface area contributed by atoms with E-state index >= 15 is 0 Å². The molecule has 3 aromatic rings. The number of fused-ring (bicyclic) bond motifs is 1. The molecule has 2 heterocycles. The van der Waals surface area contributed by atoms with Gasteiger partial charge in [-0.2, -0.15) is 9.30 Å². The molecule has 1 unspecified atom stereocenters. The highest BCUT2D eigenvalue weighted by molar-refractivity contribution is 7.89. The topological polar surface area (TPSA) is 71.7 Å². The Morgan fingerprint density at radius 3 is 2.74 bits per heavy atom. The Kier molecular flexibility index (Phi) is 6.04. The van der Waals surface area contributed by atoms with Gasteiger partial charge in [0, 0.05) is 11.6 Å². The van der Waals surface area contributed by atoms with E-state index < -0.39 is 22.0 Å². The van der Waals surface area contributed by atoms with E-state index in [1.54, 1.807) is 0 Å². The van der Waals surface area contributed by atoms with Crippen LogP contribution in [0.2, 0.25) is 5.02 Å². The van der Waals surface area contributed by atoms with Gasteiger partial charge in [0.05, 0.1) is 21.7 Å². The number of carbonyl (C=O) groups is 1. The third kappa shape index (κ3) is 4.19. The molecule has 0 spiro atoms. The minimum Gasteiger partial charge on any atom is -0.305 e. The number of terminal acetylenes is 1. The van der Waals surface area contributed by atoms with Crippen molar-refractivity contribution in [2.24, 2.45) is 4.99 Å². The molecule has 0 saturated carbocycles. The van der Waals surface area contributed by atoms with Gasteiger partial charge in [-0.25, -0.2) is 8.42 Å². The summed E-state index contributed by atoms with van der Waals surface area (Å²) >= 11 is 7.25. The standard InChI is InChI=1S/C22H20ClN3O3S2/c1-3-12-25-18-11-6-15(2)14-20(18)30-22(25)24-21(27)19-5-4-13-26(19)31(28,29)17-9-7-16(23)8-10-17/h1,6-11,14,19H,4-5,12-13H2,2H3. The molecule has 4 rings (SSSR count). The minimum atomic E-state index is -3.83. The number of sulfonamides is 1. The fraction of sp³-hybridized carbons (Fsp3) is 0.273. The third-order valence-corrected chi connectivity index (χ3v) is 8.42. The number of hydrogen-bond donors (Lipinski definition) is 0. The fourth-order valence-electron chi connectivity index (χ4n) is 3.70. The first-order valence-corrected chi connectivity index (χ1v) is 12.3. The van der Waals surface area contributed by atoms with Gasteiger partial charge in [-0.1, -0.05) is 34.9 Å². The summed E-state index contributed by atoms with van der Waals surface area (Å²) < 4.78 is 30.3. The lowest BCUT2D eigenvalue weighted by Crippen LogP contribution is -2.40. The number of carbonyl (C=O) groups excluding carboxylic acids is 1. The Hall–Kier alpha value is -2.44. The second-order valence-electron chi connectivity index (χ2n) is 7.32. The van der Waals surface area contributed by atoms with E-state index in [9.17, 15) is 13.2 Å². The van der Waals surface area contributed by atoms with Crippen molar-refractivity contribution in [1.29, 1.82) is 0 Å². The summed E-state index contributed by atoms with van der Waals surface area (Å²) in [6.45, 7) is 2.53. The number of aryl methyl sites for hydroxylation is 1. The number of rotatable bonds is 4. The summed E-state index contributed by atoms with van der Waals surface area (Å²) in [5.41, 5.74) is 1.99. The summed E-state index contributed by atoms with van der Waals surface area (Å²) in [5, 5.41) is 0.445. The van der Waals surface area contributed by atoms with Crippen LogP contribution in [-0.4, -0.2) is 35.8 Å². The van der Waals surface area contributed by atoms with Crippen molar-refractivity contribution >= 4 is 49.1 Å². The second-order valence-corrected chi connectivity index (χ2v) is 10.7. The van der Waals surface area contributed by atoms with E-state index in [2.05, 4.69) is 10.9 Å². The monoisotopic (exact) mass is 473 g/mol. The van der Waals surface area contributed by atoms with Crippen molar-refractivity contribution in [3.05, 3.63) is 57.9 Å². The average molecular weight is 474 g/mol. The number of nitrogens with zero attached hydrogens (tertiary/aromatic N) is 3. The van der Waals surface area contributed by atoms with Crippen LogP contribution in [0.5, 0.6) is 0 Å². The summed E-state index contributed by atoms with van der Waals surface area (Å²) in [7, 11) is -3.83. The van der Waals surface area contributed by atoms with Gasteiger partial charge in [0.25, 0.3) is 5.91 Å². The van der Waals surface area contributed by atoms with Crippen LogP contribution in [0.4, 0.5) is 0 Å². The zero-order valence-electron chi connectivity index (χ0n) is 16.8. The molecule has 1 amide bonds. The van der Waals surface area contributed by atoms with Crippen LogP contribution in [0.3, 0.4) is 0 Å². The first-order chi connectivity index (χ1) is 14.8. The molecule has 1 atom stereocenters. The molecule has 6 nitrogen and oxygen atoms in total. The summed E-state index contributed by atoms with van der Waals surface area (Å²) in [6.07, 6.45) is 6.54. The first kappa shape index (κ1) is 21.8. The van der Waals surface area contributed by atoms with E-state index in [0.29, 0.717) is 22.7 Å². The predicted molar refractivity (Wildman–Crippen MR) is 122 cm³/mol. The molecule has 0 bridgehead atoms. The highest BCUT2D eigenvalue weighted by Crippen LogP contribution is 2.28. The lowest BCUT2D eigenvalue weighted by molar-refractivity contribution is -0.121. The molecule has 1 aliphatic rings. The molecule has 1 fully saturated rings. The van der Waals surface area contributed by atoms with Gasteiger partial charge < -0.3 is 4.57 Å². The van der Waals surface area contributed by atoms with Gasteiger partial charge >= 0.3 is 0 Å². The Morgan fingerprint density at radius 2 is 2.03 bits per heavy atom. The van der Waals surface area contributed by atoms with Gasteiger partial charge in [0.1, 0.15) is 6.04 Å². The molecule has 0 radical (unpaired) electrons. The summed E-state index contributed by atoms with van der Waals surface area (Å²) in [4.78, 5) is 18.0. The predicted octanol–water partition coefficient (Wildman–Crippen LogP) is 3.58. The molecular weight excluding hydrogens is 454 g/mol. The molecule has 160 valence electrons. The molecule has 0 N–H and O–H groups in total. The SMILES string of the molecule is C#CCn1c(=NC(=O)C2CCCN2S(=O)(=O)c2ccc(Cl)cc2)sc2cc(C)ccc21. The summed E-state index contributed by atoms with van der Waals surface area (Å²) in [6, 6.07) is 11.0. The largest absolute Gasteiger partial charge is 0.305 e. The summed E-state index contributed by atoms with van der Waals surface area (Å²) in [5.74, 6) is 2.12. The normalized spacial score (nSPS) is 17.8. The zero-order valence-corrected chi connectivity index (χ0v) is 19.2. The van der Waals surface area contributed by atoms with Crippen molar-refractivity contribution in [2.45, 2.75) is 37.2 Å². The molecule has 1 aromatic heterocycles. The number of thiazole rings is 1. The lowest BCUT2D eigenvalue weighted by Gasteiger charge is -2.21. The quantitative estimate of drug-likeness (QED) is 0.544. The maximum Gasteiger partial charge on any atom is 0.266 e. The van der Waals surface area contributed by atoms with E-state index in [-0.39, 0.29) is 18.0 Å². The van der Waals surface area contributed by atoms with E-state index in [1.165, 1.54) is 39.9 Å². The van der Waals surface area contributed by atoms with Crippen LogP contribution < -0.4 is 4.80 Å². The van der Waals surface area contributed by atoms with E-state index in [0.717, 1.165) is 15.8 Å². The maximum atomic E-state index is 13.1. The van der Waals surface area contributed by atoms with Crippen LogP contribution in [0.25, 0.3) is 10.2 Å². The fourth-order valence-corrected chi connectivity index (χ4v) is 6.61. The van der Waals surface area contributed by atoms with Crippen LogP contribution in [0, 0.1) is 19.3 Å². The molecule has 31 heavy (non-hydrogen) atoms. The van der Waals surface area contributed by atoms with Gasteiger partial charge in [-0.3, -0.25) is 4.79 Å². The van der Waals surface area contributed by atoms with Gasteiger partial charge in [-0.15, -0.1) is 6.42 Å². The van der Waals surface area contributed by atoms with Crippen molar-refractivity contribution < 1.29 is 13.2 Å². The number of amides is 1. The van der Waals surface area contributed by atoms with Crippen LogP contribution in [0.15, 0.2) is 52.4 Å². The van der Waals surface area contributed by atoms with Gasteiger partial charge in [0.15, 0.2) is 4.80 Å². The highest BCUT2D eigenvalue weighted by atomic mass is 35.5. The Morgan fingerprint density at radius 1 is 1.29 bits per heavy atom. The molecule has 2 aromatic carbocycles. The van der Waals surface area contributed by atoms with Crippen molar-refractivity contribution in [1.82, 2.24) is 8.87 Å². The maximum absolute atomic E-state index is 13.1. The minimum absolute atomic E-state index is 0.108. The third-order valence-electron chi connectivity index (χ3n) is 5.20. The number of benzene rings is 2. The number of hydrogen-bond acceptors (Lipinski definition) is 4. The van der Waals surface area contributed by atoms with Crippen LogP contribution in [0.1, 0.15) is 18.4 Å². The smallest absolute Gasteiger partial charge is 0.266 e. The molecule has 1 aliphatic heterocycles. The molecular formula is C22H20ClN3O3S2. The zero-order chi connectivity index (χ0) is 22.2. The number of aromatic nitrogens is 1. The average Bonchev–Trinajstić information content (AvgIpc) is 3.34. The number of halogens is 1. The molecule has 0 aliphatic carbocycles. The highest BCUT2D eigenvalue weighted by Gasteiger charge is 2.39. The lowest BCUT2D eigenvalue weighted by atomic mass is 10.2. The van der Waals surface area contributed by atoms with Gasteiger partial charge in [-0.05, 0) is 61.7 Å². The van der Waals surface area contributed by atoms with E-state index in [1.807, 2.05) is 29.7 Å². The second kappa shape index (κ2) is 8.60.